The lowest BCUT2D eigenvalue weighted by atomic mass is 9.89. The van der Waals surface area contributed by atoms with E-state index in [2.05, 4.69) is 15.9 Å². The van der Waals surface area contributed by atoms with Gasteiger partial charge in [-0.1, -0.05) is 35.2 Å². The first-order valence-corrected chi connectivity index (χ1v) is 7.99. The molecule has 0 radical (unpaired) electrons. The van der Waals surface area contributed by atoms with Crippen molar-refractivity contribution < 1.29 is 8.78 Å². The van der Waals surface area contributed by atoms with Gasteiger partial charge in [0.25, 0.3) is 0 Å². The second kappa shape index (κ2) is 6.69. The van der Waals surface area contributed by atoms with E-state index in [-0.39, 0.29) is 5.69 Å². The smallest absolute Gasteiger partial charge is 0.149 e. The first-order chi connectivity index (χ1) is 9.11. The Labute approximate surface area is 122 Å². The first-order valence-electron chi connectivity index (χ1n) is 6.87. The van der Waals surface area contributed by atoms with E-state index in [0.29, 0.717) is 16.8 Å². The number of hydrogen-bond donors (Lipinski definition) is 0. The highest BCUT2D eigenvalue weighted by atomic mass is 79.9. The number of rotatable bonds is 4. The molecule has 19 heavy (non-hydrogen) atoms. The molecule has 0 saturated heterocycles. The van der Waals surface area contributed by atoms with E-state index in [0.717, 1.165) is 6.54 Å². The monoisotopic (exact) mass is 331 g/mol. The highest BCUT2D eigenvalue weighted by Gasteiger charge is 2.20. The fourth-order valence-corrected chi connectivity index (χ4v) is 3.23. The van der Waals surface area contributed by atoms with Gasteiger partial charge in [-0.15, -0.1) is 0 Å². The Morgan fingerprint density at radius 2 is 1.74 bits per heavy atom. The molecule has 0 aliphatic heterocycles. The number of alkyl halides is 1. The van der Waals surface area contributed by atoms with Crippen LogP contribution < -0.4 is 4.90 Å². The number of hydrogen-bond acceptors (Lipinski definition) is 1. The average Bonchev–Trinajstić information content (AvgIpc) is 2.38. The fraction of sp³-hybridized carbons (Fsp3) is 0.600. The van der Waals surface area contributed by atoms with Gasteiger partial charge in [0, 0.05) is 18.9 Å². The predicted octanol–water partition coefficient (Wildman–Crippen LogP) is 4.88. The van der Waals surface area contributed by atoms with Gasteiger partial charge in [0.1, 0.15) is 17.3 Å². The van der Waals surface area contributed by atoms with Crippen LogP contribution in [0.5, 0.6) is 0 Å². The van der Waals surface area contributed by atoms with Gasteiger partial charge in [-0.05, 0) is 36.5 Å². The van der Waals surface area contributed by atoms with Crippen LogP contribution in [0.4, 0.5) is 14.5 Å². The molecule has 106 valence electrons. The van der Waals surface area contributed by atoms with Crippen LogP contribution in [0.3, 0.4) is 0 Å². The Morgan fingerprint density at radius 3 is 2.26 bits per heavy atom. The lowest BCUT2D eigenvalue weighted by molar-refractivity contribution is 0.360. The number of halogens is 3. The van der Waals surface area contributed by atoms with Crippen molar-refractivity contribution in [2.75, 3.05) is 18.5 Å². The maximum atomic E-state index is 14.0. The van der Waals surface area contributed by atoms with Gasteiger partial charge in [-0.25, -0.2) is 8.78 Å². The molecule has 1 aromatic carbocycles. The van der Waals surface area contributed by atoms with E-state index in [1.807, 2.05) is 0 Å². The van der Waals surface area contributed by atoms with Crippen LogP contribution in [0, 0.1) is 17.6 Å². The van der Waals surface area contributed by atoms with Gasteiger partial charge in [0.05, 0.1) is 0 Å². The summed E-state index contributed by atoms with van der Waals surface area (Å²) in [5.41, 5.74) is 0.736. The van der Waals surface area contributed by atoms with Crippen LogP contribution in [0.15, 0.2) is 12.1 Å². The molecule has 0 atom stereocenters. The molecule has 0 heterocycles. The zero-order valence-electron chi connectivity index (χ0n) is 11.3. The highest BCUT2D eigenvalue weighted by molar-refractivity contribution is 9.08. The zero-order chi connectivity index (χ0) is 13.8. The van der Waals surface area contributed by atoms with Crippen molar-refractivity contribution >= 4 is 21.6 Å². The SMILES string of the molecule is CN(CC1CCCCC1)c1c(F)cc(CBr)cc1F. The van der Waals surface area contributed by atoms with Gasteiger partial charge in [-0.3, -0.25) is 0 Å². The fourth-order valence-electron chi connectivity index (χ4n) is 2.91. The lowest BCUT2D eigenvalue weighted by Crippen LogP contribution is -2.28. The van der Waals surface area contributed by atoms with Gasteiger partial charge < -0.3 is 4.90 Å². The summed E-state index contributed by atoms with van der Waals surface area (Å²) in [7, 11) is 1.78. The minimum atomic E-state index is -0.465. The summed E-state index contributed by atoms with van der Waals surface area (Å²) in [6, 6.07) is 2.81. The Hall–Kier alpha value is -0.640. The molecule has 0 aromatic heterocycles. The van der Waals surface area contributed by atoms with Gasteiger partial charge in [0.2, 0.25) is 0 Å². The standard InChI is InChI=1S/C15H20BrF2N/c1-19(10-11-5-3-2-4-6-11)15-13(17)7-12(9-16)8-14(15)18/h7-8,11H,2-6,9-10H2,1H3. The Balaban J connectivity index is 2.11. The highest BCUT2D eigenvalue weighted by Crippen LogP contribution is 2.29. The molecule has 1 saturated carbocycles. The van der Waals surface area contributed by atoms with Crippen molar-refractivity contribution in [1.82, 2.24) is 0 Å². The summed E-state index contributed by atoms with van der Waals surface area (Å²) in [6.45, 7) is 0.738. The Morgan fingerprint density at radius 1 is 1.16 bits per heavy atom. The van der Waals surface area contributed by atoms with Crippen molar-refractivity contribution in [3.63, 3.8) is 0 Å². The first kappa shape index (κ1) is 14.8. The summed E-state index contributed by atoms with van der Waals surface area (Å²) < 4.78 is 28.0. The lowest BCUT2D eigenvalue weighted by Gasteiger charge is -2.29. The maximum absolute atomic E-state index is 14.0. The van der Waals surface area contributed by atoms with Crippen LogP contribution in [0.1, 0.15) is 37.7 Å². The summed E-state index contributed by atoms with van der Waals surface area (Å²) in [5.74, 6) is -0.367. The van der Waals surface area contributed by atoms with Crippen molar-refractivity contribution in [2.24, 2.45) is 5.92 Å². The van der Waals surface area contributed by atoms with Gasteiger partial charge >= 0.3 is 0 Å². The molecule has 1 nitrogen and oxygen atoms in total. The number of anilines is 1. The Bertz CT molecular complexity index is 407. The molecule has 2 rings (SSSR count). The molecule has 0 bridgehead atoms. The van der Waals surface area contributed by atoms with E-state index in [1.54, 1.807) is 11.9 Å². The molecule has 4 heteroatoms. The minimum absolute atomic E-state index is 0.107. The molecule has 1 aliphatic rings. The van der Waals surface area contributed by atoms with Crippen molar-refractivity contribution in [3.05, 3.63) is 29.3 Å². The quantitative estimate of drug-likeness (QED) is 0.711. The van der Waals surface area contributed by atoms with Crippen LogP contribution >= 0.6 is 15.9 Å². The molecular weight excluding hydrogens is 312 g/mol. The summed E-state index contributed by atoms with van der Waals surface area (Å²) in [5, 5.41) is 0.466. The average molecular weight is 332 g/mol. The van der Waals surface area contributed by atoms with Crippen molar-refractivity contribution in [1.29, 1.82) is 0 Å². The second-order valence-electron chi connectivity index (χ2n) is 5.43. The molecule has 0 N–H and O–H groups in total. The number of benzene rings is 1. The zero-order valence-corrected chi connectivity index (χ0v) is 12.8. The van der Waals surface area contributed by atoms with Gasteiger partial charge in [0.15, 0.2) is 0 Å². The van der Waals surface area contributed by atoms with Crippen LogP contribution in [-0.4, -0.2) is 13.6 Å². The predicted molar refractivity (Wildman–Crippen MR) is 78.8 cm³/mol. The van der Waals surface area contributed by atoms with E-state index in [9.17, 15) is 8.78 Å². The summed E-state index contributed by atoms with van der Waals surface area (Å²) in [6.07, 6.45) is 6.13. The molecule has 1 aliphatic carbocycles. The second-order valence-corrected chi connectivity index (χ2v) is 5.99. The summed E-state index contributed by atoms with van der Waals surface area (Å²) in [4.78, 5) is 1.73. The molecule has 1 aromatic rings. The minimum Gasteiger partial charge on any atom is -0.370 e. The van der Waals surface area contributed by atoms with Gasteiger partial charge in [-0.2, -0.15) is 0 Å². The molecule has 0 amide bonds. The largest absolute Gasteiger partial charge is 0.370 e. The van der Waals surface area contributed by atoms with Crippen LogP contribution in [0.25, 0.3) is 0 Å². The van der Waals surface area contributed by atoms with Crippen LogP contribution in [-0.2, 0) is 5.33 Å². The third-order valence-corrected chi connectivity index (χ3v) is 4.52. The summed E-state index contributed by atoms with van der Waals surface area (Å²) >= 11 is 3.22. The third kappa shape index (κ3) is 3.68. The van der Waals surface area contributed by atoms with E-state index < -0.39 is 11.6 Å². The van der Waals surface area contributed by atoms with Crippen molar-refractivity contribution in [3.8, 4) is 0 Å². The van der Waals surface area contributed by atoms with E-state index in [1.165, 1.54) is 44.2 Å². The van der Waals surface area contributed by atoms with Crippen LogP contribution in [0.2, 0.25) is 0 Å². The van der Waals surface area contributed by atoms with Crippen molar-refractivity contribution in [2.45, 2.75) is 37.4 Å². The molecular formula is C15H20BrF2N. The maximum Gasteiger partial charge on any atom is 0.149 e. The molecule has 0 spiro atoms. The normalized spacial score (nSPS) is 16.6. The molecule has 0 unspecified atom stereocenters. The van der Waals surface area contributed by atoms with E-state index >= 15 is 0 Å². The number of nitrogens with zero attached hydrogens (tertiary/aromatic N) is 1. The topological polar surface area (TPSA) is 3.24 Å². The Kier molecular flexibility index (Phi) is 5.20. The third-order valence-electron chi connectivity index (χ3n) is 3.87. The van der Waals surface area contributed by atoms with E-state index in [4.69, 9.17) is 0 Å². The molecule has 1 fully saturated rings.